The largest absolute Gasteiger partial charge is 0.354 e. The predicted octanol–water partition coefficient (Wildman–Crippen LogP) is 3.63. The van der Waals surface area contributed by atoms with Crippen molar-refractivity contribution < 1.29 is 14.0 Å². The second kappa shape index (κ2) is 10.1. The summed E-state index contributed by atoms with van der Waals surface area (Å²) in [6, 6.07) is 16.1. The van der Waals surface area contributed by atoms with Crippen molar-refractivity contribution >= 4 is 11.8 Å². The van der Waals surface area contributed by atoms with Gasteiger partial charge in [0.05, 0.1) is 12.0 Å². The summed E-state index contributed by atoms with van der Waals surface area (Å²) in [5, 5.41) is 3.17. The number of hydrogen-bond donors (Lipinski definition) is 1. The van der Waals surface area contributed by atoms with E-state index in [-0.39, 0.29) is 29.6 Å². The number of carbonyl (C=O) groups is 2. The first kappa shape index (κ1) is 21.5. The lowest BCUT2D eigenvalue weighted by molar-refractivity contribution is -0.126. The van der Waals surface area contributed by atoms with Crippen LogP contribution in [0.1, 0.15) is 47.6 Å². The van der Waals surface area contributed by atoms with Crippen LogP contribution in [0.15, 0.2) is 54.6 Å². The van der Waals surface area contributed by atoms with Gasteiger partial charge in [0.2, 0.25) is 5.91 Å². The Labute approximate surface area is 183 Å². The molecule has 164 valence electrons. The van der Waals surface area contributed by atoms with Gasteiger partial charge >= 0.3 is 0 Å². The standard InChI is InChI=1S/C25H30FN3O2/c26-22-12-10-20(11-13-22)25(31)29-16-6-9-21(18-29)24(30)27-17-23(28-14-4-5-15-28)19-7-2-1-3-8-19/h1-3,7-8,10-13,21,23H,4-6,9,14-18H2,(H,27,30)/t21-,23+/m0/s1. The van der Waals surface area contributed by atoms with Crippen LogP contribution in [0.4, 0.5) is 4.39 Å². The van der Waals surface area contributed by atoms with Crippen LogP contribution in [0.2, 0.25) is 0 Å². The number of benzene rings is 2. The third-order valence-corrected chi connectivity index (χ3v) is 6.41. The maximum atomic E-state index is 13.2. The number of nitrogens with one attached hydrogen (secondary N) is 1. The molecule has 2 aliphatic rings. The molecule has 4 rings (SSSR count). The molecule has 0 aromatic heterocycles. The Balaban J connectivity index is 1.37. The van der Waals surface area contributed by atoms with Crippen LogP contribution in [-0.2, 0) is 4.79 Å². The van der Waals surface area contributed by atoms with Crippen LogP contribution in [-0.4, -0.2) is 54.3 Å². The quantitative estimate of drug-likeness (QED) is 0.772. The van der Waals surface area contributed by atoms with E-state index in [0.717, 1.165) is 25.9 Å². The molecule has 0 aliphatic carbocycles. The van der Waals surface area contributed by atoms with E-state index in [4.69, 9.17) is 0 Å². The molecule has 5 nitrogen and oxygen atoms in total. The predicted molar refractivity (Wildman–Crippen MR) is 118 cm³/mol. The number of hydrogen-bond acceptors (Lipinski definition) is 3. The van der Waals surface area contributed by atoms with Gasteiger partial charge in [0.25, 0.3) is 5.91 Å². The minimum Gasteiger partial charge on any atom is -0.354 e. The zero-order valence-electron chi connectivity index (χ0n) is 17.8. The Kier molecular flexibility index (Phi) is 6.97. The van der Waals surface area contributed by atoms with E-state index in [1.54, 1.807) is 4.90 Å². The Hall–Kier alpha value is -2.73. The van der Waals surface area contributed by atoms with Crippen molar-refractivity contribution in [2.24, 2.45) is 5.92 Å². The molecule has 0 saturated carbocycles. The second-order valence-corrected chi connectivity index (χ2v) is 8.51. The number of carbonyl (C=O) groups excluding carboxylic acids is 2. The van der Waals surface area contributed by atoms with Crippen LogP contribution < -0.4 is 5.32 Å². The third kappa shape index (κ3) is 5.31. The van der Waals surface area contributed by atoms with Crippen molar-refractivity contribution in [2.45, 2.75) is 31.7 Å². The van der Waals surface area contributed by atoms with E-state index >= 15 is 0 Å². The highest BCUT2D eigenvalue weighted by atomic mass is 19.1. The van der Waals surface area contributed by atoms with Crippen LogP contribution in [0, 0.1) is 11.7 Å². The molecule has 0 radical (unpaired) electrons. The fourth-order valence-electron chi connectivity index (χ4n) is 4.68. The molecule has 6 heteroatoms. The highest BCUT2D eigenvalue weighted by Crippen LogP contribution is 2.25. The molecule has 0 spiro atoms. The van der Waals surface area contributed by atoms with Crippen LogP contribution in [0.5, 0.6) is 0 Å². The molecule has 1 N–H and O–H groups in total. The number of nitrogens with zero attached hydrogens (tertiary/aromatic N) is 2. The van der Waals surface area contributed by atoms with Crippen molar-refractivity contribution in [3.63, 3.8) is 0 Å². The molecule has 2 fully saturated rings. The Morgan fingerprint density at radius 3 is 2.39 bits per heavy atom. The van der Waals surface area contributed by atoms with Gasteiger partial charge in [-0.15, -0.1) is 0 Å². The summed E-state index contributed by atoms with van der Waals surface area (Å²) in [4.78, 5) is 29.9. The van der Waals surface area contributed by atoms with E-state index < -0.39 is 0 Å². The third-order valence-electron chi connectivity index (χ3n) is 6.41. The fourth-order valence-corrected chi connectivity index (χ4v) is 4.68. The Bertz CT molecular complexity index is 881. The van der Waals surface area contributed by atoms with Gasteiger partial charge in [-0.25, -0.2) is 4.39 Å². The fraction of sp³-hybridized carbons (Fsp3) is 0.440. The molecule has 2 heterocycles. The van der Waals surface area contributed by atoms with Crippen molar-refractivity contribution in [2.75, 3.05) is 32.7 Å². The van der Waals surface area contributed by atoms with E-state index in [1.807, 2.05) is 18.2 Å². The highest BCUT2D eigenvalue weighted by Gasteiger charge is 2.30. The molecule has 2 aliphatic heterocycles. The van der Waals surface area contributed by atoms with E-state index in [1.165, 1.54) is 42.7 Å². The van der Waals surface area contributed by atoms with E-state index in [2.05, 4.69) is 22.3 Å². The van der Waals surface area contributed by atoms with Crippen molar-refractivity contribution in [3.8, 4) is 0 Å². The second-order valence-electron chi connectivity index (χ2n) is 8.51. The van der Waals surface area contributed by atoms with Gasteiger partial charge < -0.3 is 10.2 Å². The smallest absolute Gasteiger partial charge is 0.253 e. The van der Waals surface area contributed by atoms with Gasteiger partial charge in [0.1, 0.15) is 5.82 Å². The maximum Gasteiger partial charge on any atom is 0.253 e. The van der Waals surface area contributed by atoms with Crippen LogP contribution in [0.25, 0.3) is 0 Å². The summed E-state index contributed by atoms with van der Waals surface area (Å²) in [7, 11) is 0. The molecule has 2 aromatic carbocycles. The summed E-state index contributed by atoms with van der Waals surface area (Å²) in [5.74, 6) is -0.708. The average Bonchev–Trinajstić information content (AvgIpc) is 3.34. The van der Waals surface area contributed by atoms with Gasteiger partial charge in [-0.05, 0) is 68.6 Å². The lowest BCUT2D eigenvalue weighted by Gasteiger charge is -2.33. The Morgan fingerprint density at radius 1 is 0.968 bits per heavy atom. The first-order valence-corrected chi connectivity index (χ1v) is 11.2. The normalized spacial score (nSPS) is 20.4. The van der Waals surface area contributed by atoms with Crippen molar-refractivity contribution in [3.05, 3.63) is 71.5 Å². The number of halogens is 1. The summed E-state index contributed by atoms with van der Waals surface area (Å²) in [6.45, 7) is 3.71. The molecule has 31 heavy (non-hydrogen) atoms. The van der Waals surface area contributed by atoms with Gasteiger partial charge in [0.15, 0.2) is 0 Å². The van der Waals surface area contributed by atoms with Crippen molar-refractivity contribution in [1.82, 2.24) is 15.1 Å². The average molecular weight is 424 g/mol. The molecular formula is C25H30FN3O2. The molecule has 2 saturated heterocycles. The van der Waals surface area contributed by atoms with Gasteiger partial charge in [-0.2, -0.15) is 0 Å². The zero-order chi connectivity index (χ0) is 21.6. The SMILES string of the molecule is O=C(NC[C@H](c1ccccc1)N1CCCC1)[C@H]1CCCN(C(=O)c2ccc(F)cc2)C1. The first-order valence-electron chi connectivity index (χ1n) is 11.2. The molecular weight excluding hydrogens is 393 g/mol. The molecule has 0 unspecified atom stereocenters. The number of piperidine rings is 1. The zero-order valence-corrected chi connectivity index (χ0v) is 17.8. The number of rotatable bonds is 6. The monoisotopic (exact) mass is 423 g/mol. The topological polar surface area (TPSA) is 52.7 Å². The maximum absolute atomic E-state index is 13.2. The summed E-state index contributed by atoms with van der Waals surface area (Å²) in [5.41, 5.74) is 1.68. The summed E-state index contributed by atoms with van der Waals surface area (Å²) in [6.07, 6.45) is 3.96. The highest BCUT2D eigenvalue weighted by molar-refractivity contribution is 5.94. The molecule has 0 bridgehead atoms. The molecule has 2 amide bonds. The van der Waals surface area contributed by atoms with E-state index in [0.29, 0.717) is 25.2 Å². The lowest BCUT2D eigenvalue weighted by Crippen LogP contribution is -2.47. The number of likely N-dealkylation sites (tertiary alicyclic amines) is 2. The lowest BCUT2D eigenvalue weighted by atomic mass is 9.96. The molecule has 2 aromatic rings. The molecule has 2 atom stereocenters. The van der Waals surface area contributed by atoms with Crippen LogP contribution >= 0.6 is 0 Å². The van der Waals surface area contributed by atoms with Crippen molar-refractivity contribution in [1.29, 1.82) is 0 Å². The first-order chi connectivity index (χ1) is 15.1. The van der Waals surface area contributed by atoms with Crippen LogP contribution in [0.3, 0.4) is 0 Å². The minimum absolute atomic E-state index is 0.0109. The van der Waals surface area contributed by atoms with Gasteiger partial charge in [-0.1, -0.05) is 30.3 Å². The van der Waals surface area contributed by atoms with Gasteiger partial charge in [-0.3, -0.25) is 14.5 Å². The summed E-state index contributed by atoms with van der Waals surface area (Å²) < 4.78 is 13.2. The minimum atomic E-state index is -0.363. The Morgan fingerprint density at radius 2 is 1.68 bits per heavy atom. The van der Waals surface area contributed by atoms with E-state index in [9.17, 15) is 14.0 Å². The number of amides is 2. The summed E-state index contributed by atoms with van der Waals surface area (Å²) >= 11 is 0. The van der Waals surface area contributed by atoms with Gasteiger partial charge in [0, 0.05) is 25.2 Å².